The standard InChI is InChI=1S/C16H34N2/c1-14(2)12-16(8-6-7-9-16)13-17-10-11-18-15(3,4)5/h14,17-18H,6-13H2,1-5H3. The lowest BCUT2D eigenvalue weighted by Crippen LogP contribution is -2.42. The Kier molecular flexibility index (Phi) is 6.13. The van der Waals surface area contributed by atoms with Crippen molar-refractivity contribution in [3.8, 4) is 0 Å². The van der Waals surface area contributed by atoms with Crippen LogP contribution in [0.5, 0.6) is 0 Å². The van der Waals surface area contributed by atoms with Crippen LogP contribution in [0.15, 0.2) is 0 Å². The van der Waals surface area contributed by atoms with Crippen molar-refractivity contribution in [2.45, 2.75) is 72.3 Å². The highest BCUT2D eigenvalue weighted by molar-refractivity contribution is 4.87. The molecule has 0 aromatic rings. The van der Waals surface area contributed by atoms with Crippen LogP contribution in [-0.4, -0.2) is 25.2 Å². The SMILES string of the molecule is CC(C)CC1(CNCCNC(C)(C)C)CCCC1. The highest BCUT2D eigenvalue weighted by Gasteiger charge is 2.33. The second-order valence-electron chi connectivity index (χ2n) is 7.66. The Morgan fingerprint density at radius 1 is 1.06 bits per heavy atom. The van der Waals surface area contributed by atoms with Crippen molar-refractivity contribution in [3.63, 3.8) is 0 Å². The van der Waals surface area contributed by atoms with Gasteiger partial charge in [0.25, 0.3) is 0 Å². The number of nitrogens with one attached hydrogen (secondary N) is 2. The van der Waals surface area contributed by atoms with Crippen LogP contribution in [0.1, 0.15) is 66.7 Å². The number of rotatable bonds is 7. The molecule has 0 spiro atoms. The summed E-state index contributed by atoms with van der Waals surface area (Å²) in [5.74, 6) is 0.831. The average Bonchev–Trinajstić information content (AvgIpc) is 2.63. The molecular formula is C16H34N2. The highest BCUT2D eigenvalue weighted by Crippen LogP contribution is 2.42. The van der Waals surface area contributed by atoms with Crippen LogP contribution in [-0.2, 0) is 0 Å². The minimum Gasteiger partial charge on any atom is -0.315 e. The monoisotopic (exact) mass is 254 g/mol. The Balaban J connectivity index is 2.22. The molecule has 1 aliphatic carbocycles. The smallest absolute Gasteiger partial charge is 0.00970 e. The molecule has 2 N–H and O–H groups in total. The van der Waals surface area contributed by atoms with Gasteiger partial charge in [-0.15, -0.1) is 0 Å². The zero-order valence-electron chi connectivity index (χ0n) is 13.2. The van der Waals surface area contributed by atoms with Gasteiger partial charge in [-0.3, -0.25) is 0 Å². The molecule has 2 heteroatoms. The molecule has 0 radical (unpaired) electrons. The Hall–Kier alpha value is -0.0800. The summed E-state index contributed by atoms with van der Waals surface area (Å²) < 4.78 is 0. The van der Waals surface area contributed by atoms with Gasteiger partial charge in [0.1, 0.15) is 0 Å². The maximum atomic E-state index is 3.68. The predicted octanol–water partition coefficient (Wildman–Crippen LogP) is 3.57. The first-order chi connectivity index (χ1) is 8.33. The fourth-order valence-electron chi connectivity index (χ4n) is 3.32. The molecule has 0 aromatic carbocycles. The lowest BCUT2D eigenvalue weighted by Gasteiger charge is -2.31. The van der Waals surface area contributed by atoms with E-state index in [1.807, 2.05) is 0 Å². The van der Waals surface area contributed by atoms with Gasteiger partial charge in [-0.2, -0.15) is 0 Å². The van der Waals surface area contributed by atoms with Gasteiger partial charge in [0.2, 0.25) is 0 Å². The highest BCUT2D eigenvalue weighted by atomic mass is 15.0. The lowest BCUT2D eigenvalue weighted by molar-refractivity contribution is 0.223. The summed E-state index contributed by atoms with van der Waals surface area (Å²) in [5, 5.41) is 7.22. The molecule has 1 fully saturated rings. The predicted molar refractivity (Wildman–Crippen MR) is 81.0 cm³/mol. The van der Waals surface area contributed by atoms with Crippen molar-refractivity contribution >= 4 is 0 Å². The van der Waals surface area contributed by atoms with E-state index in [2.05, 4.69) is 45.3 Å². The molecule has 0 unspecified atom stereocenters. The van der Waals surface area contributed by atoms with Crippen LogP contribution in [0, 0.1) is 11.3 Å². The fraction of sp³-hybridized carbons (Fsp3) is 1.00. The third kappa shape index (κ3) is 6.19. The summed E-state index contributed by atoms with van der Waals surface area (Å²) in [6.07, 6.45) is 7.14. The van der Waals surface area contributed by atoms with E-state index in [0.29, 0.717) is 5.41 Å². The summed E-state index contributed by atoms with van der Waals surface area (Å²) in [6, 6.07) is 0. The quantitative estimate of drug-likeness (QED) is 0.679. The first-order valence-corrected chi connectivity index (χ1v) is 7.79. The van der Waals surface area contributed by atoms with Crippen molar-refractivity contribution < 1.29 is 0 Å². The third-order valence-electron chi connectivity index (χ3n) is 3.96. The van der Waals surface area contributed by atoms with Gasteiger partial charge >= 0.3 is 0 Å². The molecule has 0 saturated heterocycles. The molecule has 2 nitrogen and oxygen atoms in total. The molecular weight excluding hydrogens is 220 g/mol. The Morgan fingerprint density at radius 3 is 2.17 bits per heavy atom. The molecule has 18 heavy (non-hydrogen) atoms. The van der Waals surface area contributed by atoms with Crippen molar-refractivity contribution in [2.24, 2.45) is 11.3 Å². The molecule has 0 amide bonds. The maximum Gasteiger partial charge on any atom is 0.00970 e. The van der Waals surface area contributed by atoms with Crippen LogP contribution in [0.25, 0.3) is 0 Å². The van der Waals surface area contributed by atoms with E-state index in [-0.39, 0.29) is 5.54 Å². The summed E-state index contributed by atoms with van der Waals surface area (Å²) in [6.45, 7) is 14.8. The van der Waals surface area contributed by atoms with Crippen LogP contribution in [0.3, 0.4) is 0 Å². The van der Waals surface area contributed by atoms with Gasteiger partial charge in [0.15, 0.2) is 0 Å². The zero-order chi connectivity index (χ0) is 13.6. The van der Waals surface area contributed by atoms with Crippen molar-refractivity contribution in [2.75, 3.05) is 19.6 Å². The Labute approximate surface area is 114 Å². The molecule has 0 atom stereocenters. The largest absolute Gasteiger partial charge is 0.315 e. The van der Waals surface area contributed by atoms with E-state index in [9.17, 15) is 0 Å². The molecule has 0 aliphatic heterocycles. The Morgan fingerprint density at radius 2 is 1.67 bits per heavy atom. The fourth-order valence-corrected chi connectivity index (χ4v) is 3.32. The number of hydrogen-bond donors (Lipinski definition) is 2. The van der Waals surface area contributed by atoms with E-state index >= 15 is 0 Å². The molecule has 1 rings (SSSR count). The molecule has 1 saturated carbocycles. The molecule has 108 valence electrons. The minimum absolute atomic E-state index is 0.241. The third-order valence-corrected chi connectivity index (χ3v) is 3.96. The van der Waals surface area contributed by atoms with Crippen LogP contribution < -0.4 is 10.6 Å². The van der Waals surface area contributed by atoms with Crippen molar-refractivity contribution in [3.05, 3.63) is 0 Å². The molecule has 0 aromatic heterocycles. The van der Waals surface area contributed by atoms with Crippen molar-refractivity contribution in [1.29, 1.82) is 0 Å². The Bertz CT molecular complexity index is 222. The normalized spacial score (nSPS) is 19.7. The van der Waals surface area contributed by atoms with Gasteiger partial charge in [0.05, 0.1) is 0 Å². The number of hydrogen-bond acceptors (Lipinski definition) is 2. The van der Waals surface area contributed by atoms with E-state index in [1.54, 1.807) is 0 Å². The summed E-state index contributed by atoms with van der Waals surface area (Å²) in [7, 11) is 0. The maximum absolute atomic E-state index is 3.68. The second-order valence-corrected chi connectivity index (χ2v) is 7.66. The van der Waals surface area contributed by atoms with Crippen LogP contribution in [0.4, 0.5) is 0 Å². The van der Waals surface area contributed by atoms with Crippen LogP contribution in [0.2, 0.25) is 0 Å². The summed E-state index contributed by atoms with van der Waals surface area (Å²) in [4.78, 5) is 0. The van der Waals surface area contributed by atoms with E-state index in [1.165, 1.54) is 38.6 Å². The van der Waals surface area contributed by atoms with Crippen LogP contribution >= 0.6 is 0 Å². The van der Waals surface area contributed by atoms with Gasteiger partial charge in [-0.05, 0) is 51.4 Å². The van der Waals surface area contributed by atoms with E-state index < -0.39 is 0 Å². The first-order valence-electron chi connectivity index (χ1n) is 7.79. The van der Waals surface area contributed by atoms with E-state index in [4.69, 9.17) is 0 Å². The summed E-state index contributed by atoms with van der Waals surface area (Å²) in [5.41, 5.74) is 0.848. The van der Waals surface area contributed by atoms with E-state index in [0.717, 1.165) is 19.0 Å². The van der Waals surface area contributed by atoms with Crippen molar-refractivity contribution in [1.82, 2.24) is 10.6 Å². The molecule has 1 aliphatic rings. The minimum atomic E-state index is 0.241. The van der Waals surface area contributed by atoms with Gasteiger partial charge in [-0.25, -0.2) is 0 Å². The molecule has 0 bridgehead atoms. The van der Waals surface area contributed by atoms with Gasteiger partial charge < -0.3 is 10.6 Å². The van der Waals surface area contributed by atoms with Gasteiger partial charge in [0, 0.05) is 25.2 Å². The topological polar surface area (TPSA) is 24.1 Å². The first kappa shape index (κ1) is 16.0. The van der Waals surface area contributed by atoms with Gasteiger partial charge in [-0.1, -0.05) is 26.7 Å². The molecule has 0 heterocycles. The zero-order valence-corrected chi connectivity index (χ0v) is 13.2. The summed E-state index contributed by atoms with van der Waals surface area (Å²) >= 11 is 0. The second kappa shape index (κ2) is 6.91. The average molecular weight is 254 g/mol. The lowest BCUT2D eigenvalue weighted by atomic mass is 9.78.